The average Bonchev–Trinajstić information content (AvgIpc) is 2.36. The van der Waals surface area contributed by atoms with Crippen molar-refractivity contribution in [1.82, 2.24) is 10.2 Å². The van der Waals surface area contributed by atoms with Gasteiger partial charge in [0.1, 0.15) is 0 Å². The maximum Gasteiger partial charge on any atom is 0.320 e. The lowest BCUT2D eigenvalue weighted by atomic mass is 9.90. The van der Waals surface area contributed by atoms with Crippen LogP contribution >= 0.6 is 0 Å². The van der Waals surface area contributed by atoms with Crippen molar-refractivity contribution >= 4 is 5.97 Å². The number of hydrogen-bond donors (Lipinski definition) is 1. The van der Waals surface area contributed by atoms with Crippen molar-refractivity contribution in [3.63, 3.8) is 0 Å². The van der Waals surface area contributed by atoms with E-state index >= 15 is 0 Å². The number of carbonyl (C=O) groups is 1. The number of esters is 1. The third-order valence-electron chi connectivity index (χ3n) is 3.65. The van der Waals surface area contributed by atoms with Crippen LogP contribution in [0.2, 0.25) is 0 Å². The van der Waals surface area contributed by atoms with E-state index in [4.69, 9.17) is 4.74 Å². The number of carbonyl (C=O) groups excluding carboxylic acids is 1. The van der Waals surface area contributed by atoms with Crippen molar-refractivity contribution in [2.45, 2.75) is 52.5 Å². The van der Waals surface area contributed by atoms with Gasteiger partial charge < -0.3 is 10.1 Å². The molecule has 1 aliphatic rings. The van der Waals surface area contributed by atoms with Gasteiger partial charge in [0, 0.05) is 19.1 Å². The fraction of sp³-hybridized carbons (Fsp3) is 0.933. The monoisotopic (exact) mass is 270 g/mol. The molecule has 0 aliphatic carbocycles. The first kappa shape index (κ1) is 16.4. The Balaban J connectivity index is 2.46. The van der Waals surface area contributed by atoms with Gasteiger partial charge in [-0.3, -0.25) is 9.69 Å². The normalized spacial score (nSPS) is 24.4. The Labute approximate surface area is 117 Å². The third-order valence-corrected chi connectivity index (χ3v) is 3.65. The van der Waals surface area contributed by atoms with Gasteiger partial charge in [0.2, 0.25) is 0 Å². The molecule has 0 amide bonds. The van der Waals surface area contributed by atoms with Crippen LogP contribution in [0.5, 0.6) is 0 Å². The number of hydrogen-bond acceptors (Lipinski definition) is 4. The molecule has 4 heteroatoms. The largest absolute Gasteiger partial charge is 0.465 e. The summed E-state index contributed by atoms with van der Waals surface area (Å²) in [6.07, 6.45) is 4.88. The Morgan fingerprint density at radius 2 is 2.05 bits per heavy atom. The number of rotatable bonds is 8. The van der Waals surface area contributed by atoms with Crippen LogP contribution in [0.15, 0.2) is 0 Å². The van der Waals surface area contributed by atoms with Crippen LogP contribution in [0.3, 0.4) is 0 Å². The molecule has 2 atom stereocenters. The molecule has 19 heavy (non-hydrogen) atoms. The van der Waals surface area contributed by atoms with Crippen molar-refractivity contribution in [3.8, 4) is 0 Å². The average molecular weight is 270 g/mol. The van der Waals surface area contributed by atoms with Gasteiger partial charge in [0.05, 0.1) is 13.2 Å². The molecule has 0 saturated carbocycles. The van der Waals surface area contributed by atoms with Gasteiger partial charge in [-0.05, 0) is 38.6 Å². The lowest BCUT2D eigenvalue weighted by molar-refractivity contribution is -0.145. The molecule has 0 radical (unpaired) electrons. The molecule has 1 saturated heterocycles. The molecule has 1 fully saturated rings. The van der Waals surface area contributed by atoms with Crippen LogP contribution in [0.25, 0.3) is 0 Å². The smallest absolute Gasteiger partial charge is 0.320 e. The molecule has 0 bridgehead atoms. The molecular formula is C15H30N2O2. The van der Waals surface area contributed by atoms with E-state index in [2.05, 4.69) is 24.1 Å². The lowest BCUT2D eigenvalue weighted by Gasteiger charge is -2.37. The highest BCUT2D eigenvalue weighted by atomic mass is 16.5. The second-order valence-corrected chi connectivity index (χ2v) is 5.54. The Kier molecular flexibility index (Phi) is 8.07. The predicted molar refractivity (Wildman–Crippen MR) is 78.2 cm³/mol. The number of piperidine rings is 1. The second-order valence-electron chi connectivity index (χ2n) is 5.54. The van der Waals surface area contributed by atoms with Crippen molar-refractivity contribution in [2.75, 3.05) is 32.8 Å². The second kappa shape index (κ2) is 9.32. The van der Waals surface area contributed by atoms with E-state index in [1.54, 1.807) is 0 Å². The van der Waals surface area contributed by atoms with Crippen LogP contribution in [-0.4, -0.2) is 49.7 Å². The number of ether oxygens (including phenoxy) is 1. The Morgan fingerprint density at radius 1 is 1.26 bits per heavy atom. The SMILES string of the molecule is CCCNC1CC(CCC)CN(CC(=O)OCC)C1. The summed E-state index contributed by atoms with van der Waals surface area (Å²) < 4.78 is 5.06. The Bertz CT molecular complexity index is 259. The number of nitrogens with one attached hydrogen (secondary N) is 1. The molecule has 1 N–H and O–H groups in total. The zero-order valence-electron chi connectivity index (χ0n) is 12.8. The van der Waals surface area contributed by atoms with E-state index in [0.29, 0.717) is 25.1 Å². The molecule has 1 rings (SSSR count). The highest BCUT2D eigenvalue weighted by Gasteiger charge is 2.27. The zero-order valence-corrected chi connectivity index (χ0v) is 12.8. The third kappa shape index (κ3) is 6.39. The standard InChI is InChI=1S/C15H30N2O2/c1-4-7-13-9-14(16-8-5-2)11-17(10-13)12-15(18)19-6-3/h13-14,16H,4-12H2,1-3H3. The first-order valence-corrected chi connectivity index (χ1v) is 7.80. The summed E-state index contributed by atoms with van der Waals surface area (Å²) in [4.78, 5) is 13.9. The van der Waals surface area contributed by atoms with Gasteiger partial charge >= 0.3 is 5.97 Å². The van der Waals surface area contributed by atoms with Gasteiger partial charge in [-0.2, -0.15) is 0 Å². The number of nitrogens with zero attached hydrogens (tertiary/aromatic N) is 1. The summed E-state index contributed by atoms with van der Waals surface area (Å²) >= 11 is 0. The van der Waals surface area contributed by atoms with Crippen molar-refractivity contribution in [3.05, 3.63) is 0 Å². The van der Waals surface area contributed by atoms with E-state index in [0.717, 1.165) is 26.1 Å². The highest BCUT2D eigenvalue weighted by Crippen LogP contribution is 2.21. The van der Waals surface area contributed by atoms with Gasteiger partial charge in [0.15, 0.2) is 0 Å². The summed E-state index contributed by atoms with van der Waals surface area (Å²) in [6.45, 7) is 10.3. The summed E-state index contributed by atoms with van der Waals surface area (Å²) in [5.41, 5.74) is 0. The van der Waals surface area contributed by atoms with Gasteiger partial charge in [-0.15, -0.1) is 0 Å². The van der Waals surface area contributed by atoms with E-state index < -0.39 is 0 Å². The molecule has 4 nitrogen and oxygen atoms in total. The summed E-state index contributed by atoms with van der Waals surface area (Å²) in [5, 5.41) is 3.60. The van der Waals surface area contributed by atoms with Crippen molar-refractivity contribution in [1.29, 1.82) is 0 Å². The minimum absolute atomic E-state index is 0.0890. The molecular weight excluding hydrogens is 240 g/mol. The van der Waals surface area contributed by atoms with E-state index in [-0.39, 0.29) is 5.97 Å². The van der Waals surface area contributed by atoms with Crippen LogP contribution in [0.4, 0.5) is 0 Å². The van der Waals surface area contributed by atoms with Crippen molar-refractivity contribution in [2.24, 2.45) is 5.92 Å². The van der Waals surface area contributed by atoms with E-state index in [1.165, 1.54) is 19.3 Å². The fourth-order valence-corrected chi connectivity index (χ4v) is 2.93. The zero-order chi connectivity index (χ0) is 14.1. The maximum atomic E-state index is 11.6. The van der Waals surface area contributed by atoms with Crippen LogP contribution in [0, 0.1) is 5.92 Å². The molecule has 2 unspecified atom stereocenters. The van der Waals surface area contributed by atoms with Crippen LogP contribution in [-0.2, 0) is 9.53 Å². The van der Waals surface area contributed by atoms with E-state index in [9.17, 15) is 4.79 Å². The first-order chi connectivity index (χ1) is 9.19. The summed E-state index contributed by atoms with van der Waals surface area (Å²) in [7, 11) is 0. The van der Waals surface area contributed by atoms with Crippen molar-refractivity contribution < 1.29 is 9.53 Å². The van der Waals surface area contributed by atoms with Crippen LogP contribution < -0.4 is 5.32 Å². The minimum Gasteiger partial charge on any atom is -0.465 e. The summed E-state index contributed by atoms with van der Waals surface area (Å²) in [5.74, 6) is 0.622. The minimum atomic E-state index is -0.0890. The molecule has 1 aliphatic heterocycles. The fourth-order valence-electron chi connectivity index (χ4n) is 2.93. The highest BCUT2D eigenvalue weighted by molar-refractivity contribution is 5.71. The molecule has 0 aromatic heterocycles. The van der Waals surface area contributed by atoms with E-state index in [1.807, 2.05) is 6.92 Å². The lowest BCUT2D eigenvalue weighted by Crippen LogP contribution is -2.50. The molecule has 0 aromatic rings. The first-order valence-electron chi connectivity index (χ1n) is 7.80. The molecule has 0 aromatic carbocycles. The Morgan fingerprint density at radius 3 is 2.68 bits per heavy atom. The topological polar surface area (TPSA) is 41.6 Å². The van der Waals surface area contributed by atoms with Gasteiger partial charge in [0.25, 0.3) is 0 Å². The number of likely N-dealkylation sites (tertiary alicyclic amines) is 1. The molecule has 1 heterocycles. The maximum absolute atomic E-state index is 11.6. The van der Waals surface area contributed by atoms with Crippen LogP contribution in [0.1, 0.15) is 46.5 Å². The molecule has 112 valence electrons. The summed E-state index contributed by atoms with van der Waals surface area (Å²) in [6, 6.07) is 0.527. The van der Waals surface area contributed by atoms with Gasteiger partial charge in [-0.25, -0.2) is 0 Å². The Hall–Kier alpha value is -0.610. The predicted octanol–water partition coefficient (Wildman–Crippen LogP) is 2.04. The quantitative estimate of drug-likeness (QED) is 0.685. The van der Waals surface area contributed by atoms with Gasteiger partial charge in [-0.1, -0.05) is 20.3 Å². The molecule has 0 spiro atoms.